The maximum atomic E-state index is 6.33. The average Bonchev–Trinajstić information content (AvgIpc) is 3.75. The molecule has 64 heavy (non-hydrogen) atoms. The molecule has 0 saturated carbocycles. The number of nitrogens with zero attached hydrogens (tertiary/aromatic N) is 1. The van der Waals surface area contributed by atoms with E-state index in [1.807, 2.05) is 12.1 Å². The van der Waals surface area contributed by atoms with Gasteiger partial charge in [0.25, 0.3) is 0 Å². The van der Waals surface area contributed by atoms with Crippen LogP contribution in [0.3, 0.4) is 0 Å². The normalized spacial score (nSPS) is 11.4. The summed E-state index contributed by atoms with van der Waals surface area (Å²) in [5.41, 5.74) is 16.8. The predicted molar refractivity (Wildman–Crippen MR) is 271 cm³/mol. The zero-order valence-electron chi connectivity index (χ0n) is 35.0. The van der Waals surface area contributed by atoms with Crippen molar-refractivity contribution in [2.75, 3.05) is 4.90 Å². The molecule has 12 rings (SSSR count). The summed E-state index contributed by atoms with van der Waals surface area (Å²) < 4.78 is 6.33. The number of furan rings is 1. The first-order valence-electron chi connectivity index (χ1n) is 21.9. The van der Waals surface area contributed by atoms with Crippen LogP contribution in [0.4, 0.5) is 17.1 Å². The highest BCUT2D eigenvalue weighted by molar-refractivity contribution is 6.12. The van der Waals surface area contributed by atoms with Crippen molar-refractivity contribution >= 4 is 60.5 Å². The van der Waals surface area contributed by atoms with E-state index in [2.05, 4.69) is 241 Å². The summed E-state index contributed by atoms with van der Waals surface area (Å²) in [6, 6.07) is 89.7. The van der Waals surface area contributed by atoms with Gasteiger partial charge in [-0.1, -0.05) is 194 Å². The first kappa shape index (κ1) is 37.3. The van der Waals surface area contributed by atoms with Crippen LogP contribution in [-0.2, 0) is 0 Å². The Morgan fingerprint density at radius 2 is 0.719 bits per heavy atom. The van der Waals surface area contributed by atoms with Gasteiger partial charge in [0.1, 0.15) is 11.2 Å². The van der Waals surface area contributed by atoms with Crippen LogP contribution in [0.2, 0.25) is 0 Å². The van der Waals surface area contributed by atoms with Crippen molar-refractivity contribution in [3.63, 3.8) is 0 Å². The Balaban J connectivity index is 0.957. The van der Waals surface area contributed by atoms with Gasteiger partial charge < -0.3 is 9.32 Å². The van der Waals surface area contributed by atoms with Gasteiger partial charge in [-0.25, -0.2) is 0 Å². The fourth-order valence-electron chi connectivity index (χ4n) is 9.61. The van der Waals surface area contributed by atoms with Crippen molar-refractivity contribution in [1.29, 1.82) is 0 Å². The zero-order valence-corrected chi connectivity index (χ0v) is 35.0. The second-order valence-corrected chi connectivity index (χ2v) is 16.4. The number of anilines is 3. The smallest absolute Gasteiger partial charge is 0.136 e. The second kappa shape index (κ2) is 15.8. The Kier molecular flexibility index (Phi) is 9.20. The van der Waals surface area contributed by atoms with Crippen LogP contribution in [0.1, 0.15) is 0 Å². The Morgan fingerprint density at radius 1 is 0.234 bits per heavy atom. The third-order valence-corrected chi connectivity index (χ3v) is 12.7. The highest BCUT2D eigenvalue weighted by Crippen LogP contribution is 2.43. The van der Waals surface area contributed by atoms with Crippen molar-refractivity contribution in [1.82, 2.24) is 0 Å². The van der Waals surface area contributed by atoms with Gasteiger partial charge in [0.05, 0.1) is 0 Å². The van der Waals surface area contributed by atoms with Gasteiger partial charge in [-0.15, -0.1) is 0 Å². The van der Waals surface area contributed by atoms with E-state index in [0.29, 0.717) is 0 Å². The number of rotatable bonds is 8. The lowest BCUT2D eigenvalue weighted by molar-refractivity contribution is 0.669. The molecule has 11 aromatic carbocycles. The number of fused-ring (bicyclic) bond motifs is 6. The number of para-hydroxylation sites is 1. The van der Waals surface area contributed by atoms with E-state index >= 15 is 0 Å². The van der Waals surface area contributed by atoms with Crippen LogP contribution in [-0.4, -0.2) is 0 Å². The molecular formula is C62H41NO. The van der Waals surface area contributed by atoms with Crippen molar-refractivity contribution in [2.24, 2.45) is 0 Å². The molecule has 0 N–H and O–H groups in total. The Hall–Kier alpha value is -8.46. The molecule has 2 heteroatoms. The molecule has 12 aromatic rings. The lowest BCUT2D eigenvalue weighted by atomic mass is 9.89. The SMILES string of the molecule is c1ccc(-c2ccccc2-c2ccccc2-c2ccc(N(c3ccc(-c4cccc5c4ccc4ccccc45)cc3)c3cccc(-c4ccc5c(c4)oc4ccccc45)c3)cc2)cc1. The van der Waals surface area contributed by atoms with Gasteiger partial charge in [-0.2, -0.15) is 0 Å². The first-order chi connectivity index (χ1) is 31.7. The molecule has 0 saturated heterocycles. The zero-order chi connectivity index (χ0) is 42.4. The van der Waals surface area contributed by atoms with Crippen LogP contribution < -0.4 is 4.90 Å². The molecule has 300 valence electrons. The second-order valence-electron chi connectivity index (χ2n) is 16.4. The quantitative estimate of drug-likeness (QED) is 0.142. The van der Waals surface area contributed by atoms with E-state index < -0.39 is 0 Å². The van der Waals surface area contributed by atoms with Crippen LogP contribution in [0.5, 0.6) is 0 Å². The Labute approximate surface area is 372 Å². The summed E-state index contributed by atoms with van der Waals surface area (Å²) in [6.45, 7) is 0. The predicted octanol–water partition coefficient (Wildman–Crippen LogP) is 17.7. The summed E-state index contributed by atoms with van der Waals surface area (Å²) in [5, 5.41) is 7.31. The van der Waals surface area contributed by atoms with Crippen molar-refractivity contribution in [2.45, 2.75) is 0 Å². The standard InChI is InChI=1S/C62H41NO/c1-2-14-42(15-3-1)51-20-6-8-22-55(51)56-23-9-7-21-53(56)44-28-34-48(35-29-44)63(50-18-12-17-46(40-50)47-33-39-60-59-24-10-11-27-61(59)64-62(60)41-47)49-36-30-45(31-37-49)54-25-13-26-57-52-19-5-4-16-43(52)32-38-58(54)57/h1-41H. The molecule has 0 aliphatic heterocycles. The molecule has 0 spiro atoms. The molecular weight excluding hydrogens is 775 g/mol. The minimum Gasteiger partial charge on any atom is -0.456 e. The summed E-state index contributed by atoms with van der Waals surface area (Å²) in [5.74, 6) is 0. The minimum absolute atomic E-state index is 0.889. The summed E-state index contributed by atoms with van der Waals surface area (Å²) >= 11 is 0. The lowest BCUT2D eigenvalue weighted by Gasteiger charge is -2.26. The van der Waals surface area contributed by atoms with Crippen molar-refractivity contribution in [3.05, 3.63) is 249 Å². The summed E-state index contributed by atoms with van der Waals surface area (Å²) in [6.07, 6.45) is 0. The number of hydrogen-bond acceptors (Lipinski definition) is 2. The molecule has 0 aliphatic rings. The van der Waals surface area contributed by atoms with E-state index in [1.54, 1.807) is 0 Å². The van der Waals surface area contributed by atoms with Gasteiger partial charge >= 0.3 is 0 Å². The van der Waals surface area contributed by atoms with Gasteiger partial charge in [-0.05, 0) is 132 Å². The maximum Gasteiger partial charge on any atom is 0.136 e. The molecule has 0 bridgehead atoms. The molecule has 0 unspecified atom stereocenters. The van der Waals surface area contributed by atoms with E-state index in [0.717, 1.165) is 55.7 Å². The fraction of sp³-hybridized carbons (Fsp3) is 0. The minimum atomic E-state index is 0.889. The Bertz CT molecular complexity index is 3660. The molecule has 1 heterocycles. The topological polar surface area (TPSA) is 16.4 Å². The maximum absolute atomic E-state index is 6.33. The summed E-state index contributed by atoms with van der Waals surface area (Å²) in [7, 11) is 0. The Morgan fingerprint density at radius 3 is 1.45 bits per heavy atom. The molecule has 0 amide bonds. The average molecular weight is 816 g/mol. The van der Waals surface area contributed by atoms with E-state index in [4.69, 9.17) is 4.42 Å². The van der Waals surface area contributed by atoms with Gasteiger partial charge in [0.15, 0.2) is 0 Å². The van der Waals surface area contributed by atoms with Crippen molar-refractivity contribution < 1.29 is 4.42 Å². The van der Waals surface area contributed by atoms with E-state index in [-0.39, 0.29) is 0 Å². The monoisotopic (exact) mass is 815 g/mol. The fourth-order valence-corrected chi connectivity index (χ4v) is 9.61. The first-order valence-corrected chi connectivity index (χ1v) is 21.9. The van der Waals surface area contributed by atoms with Gasteiger partial charge in [0.2, 0.25) is 0 Å². The third kappa shape index (κ3) is 6.61. The van der Waals surface area contributed by atoms with Crippen molar-refractivity contribution in [3.8, 4) is 55.6 Å². The van der Waals surface area contributed by atoms with E-state index in [1.165, 1.54) is 60.5 Å². The number of hydrogen-bond donors (Lipinski definition) is 0. The van der Waals surface area contributed by atoms with Crippen LogP contribution in [0.25, 0.3) is 99.1 Å². The molecule has 0 atom stereocenters. The molecule has 0 fully saturated rings. The van der Waals surface area contributed by atoms with Crippen LogP contribution >= 0.6 is 0 Å². The molecule has 0 aliphatic carbocycles. The molecule has 0 radical (unpaired) electrons. The third-order valence-electron chi connectivity index (χ3n) is 12.7. The summed E-state index contributed by atoms with van der Waals surface area (Å²) in [4.78, 5) is 2.37. The largest absolute Gasteiger partial charge is 0.456 e. The molecule has 1 aromatic heterocycles. The van der Waals surface area contributed by atoms with Crippen LogP contribution in [0, 0.1) is 0 Å². The van der Waals surface area contributed by atoms with Crippen LogP contribution in [0.15, 0.2) is 253 Å². The van der Waals surface area contributed by atoms with E-state index in [9.17, 15) is 0 Å². The van der Waals surface area contributed by atoms with Gasteiger partial charge in [-0.3, -0.25) is 0 Å². The highest BCUT2D eigenvalue weighted by Gasteiger charge is 2.18. The highest BCUT2D eigenvalue weighted by atomic mass is 16.3. The van der Waals surface area contributed by atoms with Gasteiger partial charge in [0, 0.05) is 27.8 Å². The number of benzene rings is 11. The lowest BCUT2D eigenvalue weighted by Crippen LogP contribution is -2.10. The molecule has 2 nitrogen and oxygen atoms in total.